The minimum Gasteiger partial charge on any atom is -0.508 e. The lowest BCUT2D eigenvalue weighted by Crippen LogP contribution is -2.19. The van der Waals surface area contributed by atoms with Crippen molar-refractivity contribution in [2.24, 2.45) is 5.10 Å². The Kier molecular flexibility index (Phi) is 5.92. The molecule has 0 bridgehead atoms. The Morgan fingerprint density at radius 3 is 2.62 bits per heavy atom. The average Bonchev–Trinajstić information content (AvgIpc) is 2.59. The van der Waals surface area contributed by atoms with E-state index in [9.17, 15) is 9.90 Å². The molecule has 0 spiro atoms. The summed E-state index contributed by atoms with van der Waals surface area (Å²) in [7, 11) is 3.22. The third-order valence-electron chi connectivity index (χ3n) is 3.43. The van der Waals surface area contributed by atoms with Crippen LogP contribution < -0.4 is 10.2 Å². The first kappa shape index (κ1) is 17.5. The number of methoxy groups -OCH3 is 2. The number of phenolic OH excluding ortho intramolecular Hbond substituents is 1. The maximum absolute atomic E-state index is 12.0. The molecule has 6 heteroatoms. The average molecular weight is 328 g/mol. The van der Waals surface area contributed by atoms with Gasteiger partial charge < -0.3 is 14.6 Å². The molecular formula is C18H20N2O4. The number of benzene rings is 2. The lowest BCUT2D eigenvalue weighted by molar-refractivity contribution is 0.0954. The maximum atomic E-state index is 12.0. The van der Waals surface area contributed by atoms with Gasteiger partial charge in [0.2, 0.25) is 0 Å². The Bertz CT molecular complexity index is 756. The summed E-state index contributed by atoms with van der Waals surface area (Å²) < 4.78 is 10.4. The molecule has 0 saturated heterocycles. The zero-order valence-corrected chi connectivity index (χ0v) is 13.9. The van der Waals surface area contributed by atoms with Gasteiger partial charge in [0.1, 0.15) is 11.5 Å². The highest BCUT2D eigenvalue weighted by Gasteiger charge is 2.08. The van der Waals surface area contributed by atoms with E-state index in [0.29, 0.717) is 17.9 Å². The fraction of sp³-hybridized carbons (Fsp3) is 0.222. The van der Waals surface area contributed by atoms with E-state index in [1.807, 2.05) is 18.2 Å². The predicted octanol–water partition coefficient (Wildman–Crippen LogP) is 2.70. The maximum Gasteiger partial charge on any atom is 0.271 e. The molecule has 0 saturated carbocycles. The van der Waals surface area contributed by atoms with E-state index >= 15 is 0 Å². The molecule has 24 heavy (non-hydrogen) atoms. The van der Waals surface area contributed by atoms with Crippen LogP contribution in [0.25, 0.3) is 0 Å². The number of nitrogens with zero attached hydrogens (tertiary/aromatic N) is 1. The van der Waals surface area contributed by atoms with Gasteiger partial charge in [0.15, 0.2) is 0 Å². The number of hydrogen-bond donors (Lipinski definition) is 2. The molecule has 0 aliphatic carbocycles. The number of carbonyl (C=O) groups is 1. The van der Waals surface area contributed by atoms with Crippen LogP contribution in [0.3, 0.4) is 0 Å². The monoisotopic (exact) mass is 328 g/mol. The summed E-state index contributed by atoms with van der Waals surface area (Å²) in [5, 5.41) is 13.5. The molecule has 2 aromatic rings. The van der Waals surface area contributed by atoms with Crippen molar-refractivity contribution in [1.82, 2.24) is 5.43 Å². The van der Waals surface area contributed by atoms with E-state index in [4.69, 9.17) is 9.47 Å². The van der Waals surface area contributed by atoms with E-state index in [0.717, 1.165) is 16.9 Å². The fourth-order valence-electron chi connectivity index (χ4n) is 2.18. The van der Waals surface area contributed by atoms with Crippen molar-refractivity contribution in [3.63, 3.8) is 0 Å². The highest BCUT2D eigenvalue weighted by Crippen LogP contribution is 2.21. The summed E-state index contributed by atoms with van der Waals surface area (Å²) in [6.07, 6.45) is 0. The highest BCUT2D eigenvalue weighted by atomic mass is 16.5. The first-order chi connectivity index (χ1) is 11.5. The van der Waals surface area contributed by atoms with Crippen molar-refractivity contribution in [1.29, 1.82) is 0 Å². The zero-order valence-electron chi connectivity index (χ0n) is 13.9. The van der Waals surface area contributed by atoms with Crippen LogP contribution >= 0.6 is 0 Å². The van der Waals surface area contributed by atoms with Gasteiger partial charge in [0.05, 0.1) is 19.4 Å². The molecule has 0 atom stereocenters. The summed E-state index contributed by atoms with van der Waals surface area (Å²) in [6, 6.07) is 11.7. The van der Waals surface area contributed by atoms with Gasteiger partial charge >= 0.3 is 0 Å². The Hall–Kier alpha value is -2.86. The first-order valence-electron chi connectivity index (χ1n) is 7.35. The lowest BCUT2D eigenvalue weighted by Gasteiger charge is -2.10. The minimum atomic E-state index is -0.393. The minimum absolute atomic E-state index is 0.0303. The summed E-state index contributed by atoms with van der Waals surface area (Å²) >= 11 is 0. The van der Waals surface area contributed by atoms with Crippen LogP contribution in [-0.2, 0) is 11.3 Å². The SMILES string of the molecule is COCc1cc(/C(C)=N\NC(=O)c2cccc(O)c2)ccc1OC. The Balaban J connectivity index is 2.15. The summed E-state index contributed by atoms with van der Waals surface area (Å²) in [4.78, 5) is 12.0. The summed E-state index contributed by atoms with van der Waals surface area (Å²) in [5.41, 5.74) is 5.20. The van der Waals surface area contributed by atoms with Crippen LogP contribution in [0.15, 0.2) is 47.6 Å². The number of carbonyl (C=O) groups excluding carboxylic acids is 1. The Morgan fingerprint density at radius 2 is 1.96 bits per heavy atom. The molecule has 1 amide bonds. The van der Waals surface area contributed by atoms with Crippen molar-refractivity contribution in [3.05, 3.63) is 59.2 Å². The van der Waals surface area contributed by atoms with Gasteiger partial charge in [-0.25, -0.2) is 5.43 Å². The fourth-order valence-corrected chi connectivity index (χ4v) is 2.18. The molecule has 0 aromatic heterocycles. The van der Waals surface area contributed by atoms with E-state index in [2.05, 4.69) is 10.5 Å². The van der Waals surface area contributed by atoms with Gasteiger partial charge in [0, 0.05) is 18.2 Å². The number of amides is 1. The summed E-state index contributed by atoms with van der Waals surface area (Å²) in [6.45, 7) is 2.21. The Labute approximate surface area is 140 Å². The predicted molar refractivity (Wildman–Crippen MR) is 91.5 cm³/mol. The lowest BCUT2D eigenvalue weighted by atomic mass is 10.1. The normalized spacial score (nSPS) is 11.2. The van der Waals surface area contributed by atoms with Gasteiger partial charge in [-0.1, -0.05) is 6.07 Å². The van der Waals surface area contributed by atoms with Crippen molar-refractivity contribution in [2.75, 3.05) is 14.2 Å². The molecule has 0 radical (unpaired) electrons. The number of ether oxygens (including phenoxy) is 2. The molecule has 2 N–H and O–H groups in total. The molecule has 2 rings (SSSR count). The van der Waals surface area contributed by atoms with Gasteiger partial charge in [-0.15, -0.1) is 0 Å². The quantitative estimate of drug-likeness (QED) is 0.631. The van der Waals surface area contributed by atoms with Crippen molar-refractivity contribution in [2.45, 2.75) is 13.5 Å². The standard InChI is InChI=1S/C18H20N2O4/c1-12(13-7-8-17(24-3)15(9-13)11-23-2)19-20-18(22)14-5-4-6-16(21)10-14/h4-10,21H,11H2,1-3H3,(H,20,22)/b19-12-. The molecule has 126 valence electrons. The van der Waals surface area contributed by atoms with Crippen molar-refractivity contribution in [3.8, 4) is 11.5 Å². The molecule has 0 aliphatic rings. The van der Waals surface area contributed by atoms with E-state index in [1.165, 1.54) is 12.1 Å². The zero-order chi connectivity index (χ0) is 17.5. The van der Waals surface area contributed by atoms with Gasteiger partial charge in [0.25, 0.3) is 5.91 Å². The number of phenols is 1. The molecule has 0 unspecified atom stereocenters. The van der Waals surface area contributed by atoms with Crippen LogP contribution in [0.5, 0.6) is 11.5 Å². The number of hydrogen-bond acceptors (Lipinski definition) is 5. The van der Waals surface area contributed by atoms with E-state index < -0.39 is 5.91 Å². The van der Waals surface area contributed by atoms with Crippen molar-refractivity contribution < 1.29 is 19.4 Å². The van der Waals surface area contributed by atoms with E-state index in [1.54, 1.807) is 33.3 Å². The second kappa shape index (κ2) is 8.12. The van der Waals surface area contributed by atoms with Crippen LogP contribution in [-0.4, -0.2) is 30.9 Å². The van der Waals surface area contributed by atoms with Crippen molar-refractivity contribution >= 4 is 11.6 Å². The molecule has 0 aliphatic heterocycles. The second-order valence-electron chi connectivity index (χ2n) is 5.15. The number of hydrazone groups is 1. The van der Waals surface area contributed by atoms with Crippen LogP contribution in [0.1, 0.15) is 28.4 Å². The Morgan fingerprint density at radius 1 is 1.17 bits per heavy atom. The highest BCUT2D eigenvalue weighted by molar-refractivity contribution is 6.01. The van der Waals surface area contributed by atoms with Gasteiger partial charge in [-0.3, -0.25) is 4.79 Å². The molecular weight excluding hydrogens is 308 g/mol. The molecule has 2 aromatic carbocycles. The van der Waals surface area contributed by atoms with Gasteiger partial charge in [-0.2, -0.15) is 5.10 Å². The third-order valence-corrected chi connectivity index (χ3v) is 3.43. The molecule has 0 fully saturated rings. The van der Waals surface area contributed by atoms with Crippen LogP contribution in [0.4, 0.5) is 0 Å². The molecule has 6 nitrogen and oxygen atoms in total. The second-order valence-corrected chi connectivity index (χ2v) is 5.15. The number of aromatic hydroxyl groups is 1. The molecule has 0 heterocycles. The van der Waals surface area contributed by atoms with Gasteiger partial charge in [-0.05, 0) is 48.9 Å². The number of nitrogens with one attached hydrogen (secondary N) is 1. The van der Waals surface area contributed by atoms with Crippen LogP contribution in [0.2, 0.25) is 0 Å². The third kappa shape index (κ3) is 4.33. The first-order valence-corrected chi connectivity index (χ1v) is 7.35. The van der Waals surface area contributed by atoms with E-state index in [-0.39, 0.29) is 5.75 Å². The van der Waals surface area contributed by atoms with Crippen LogP contribution in [0, 0.1) is 0 Å². The smallest absolute Gasteiger partial charge is 0.271 e. The number of rotatable bonds is 6. The largest absolute Gasteiger partial charge is 0.508 e. The summed E-state index contributed by atoms with van der Waals surface area (Å²) in [5.74, 6) is 0.371. The topological polar surface area (TPSA) is 80.2 Å².